The fraction of sp³-hybridized carbons (Fsp3) is 0. The smallest absolute Gasteiger partial charge is 0.0552 e. The molecule has 0 bridgehead atoms. The standard InChI is InChI=1S/C18H11Br2N/c19-12-5-8-14(9-6-12)21-17-4-2-1-3-15(17)16-10-7-13(20)11-18(16)21/h1-11H. The van der Waals surface area contributed by atoms with Crippen molar-refractivity contribution >= 4 is 53.7 Å². The molecule has 0 fully saturated rings. The lowest BCUT2D eigenvalue weighted by Gasteiger charge is -2.08. The highest BCUT2D eigenvalue weighted by Gasteiger charge is 2.11. The number of aromatic nitrogens is 1. The highest BCUT2D eigenvalue weighted by molar-refractivity contribution is 9.10. The van der Waals surface area contributed by atoms with E-state index in [4.69, 9.17) is 0 Å². The number of fused-ring (bicyclic) bond motifs is 3. The average Bonchev–Trinajstić information content (AvgIpc) is 2.82. The quantitative estimate of drug-likeness (QED) is 0.353. The Kier molecular flexibility index (Phi) is 3.12. The SMILES string of the molecule is Brc1ccc(-n2c3ccccc3c3ccc(Br)cc32)cc1. The zero-order valence-corrected chi connectivity index (χ0v) is 14.2. The second-order valence-electron chi connectivity index (χ2n) is 4.99. The maximum absolute atomic E-state index is 3.59. The van der Waals surface area contributed by atoms with E-state index in [1.807, 2.05) is 0 Å². The molecule has 0 saturated carbocycles. The Morgan fingerprint density at radius 1 is 0.619 bits per heavy atom. The molecular formula is C18H11Br2N. The van der Waals surface area contributed by atoms with Crippen LogP contribution in [0.15, 0.2) is 75.7 Å². The van der Waals surface area contributed by atoms with Gasteiger partial charge in [0.15, 0.2) is 0 Å². The molecule has 3 aromatic carbocycles. The van der Waals surface area contributed by atoms with Crippen molar-refractivity contribution in [3.8, 4) is 5.69 Å². The number of rotatable bonds is 1. The third-order valence-corrected chi connectivity index (χ3v) is 4.74. The summed E-state index contributed by atoms with van der Waals surface area (Å²) in [4.78, 5) is 0. The Labute approximate surface area is 139 Å². The van der Waals surface area contributed by atoms with Gasteiger partial charge < -0.3 is 4.57 Å². The summed E-state index contributed by atoms with van der Waals surface area (Å²) in [7, 11) is 0. The molecule has 1 heterocycles. The predicted octanol–water partition coefficient (Wildman–Crippen LogP) is 6.31. The molecule has 0 saturated heterocycles. The first-order valence-electron chi connectivity index (χ1n) is 6.69. The third-order valence-electron chi connectivity index (χ3n) is 3.72. The van der Waals surface area contributed by atoms with E-state index in [-0.39, 0.29) is 0 Å². The lowest BCUT2D eigenvalue weighted by Crippen LogP contribution is -1.93. The summed E-state index contributed by atoms with van der Waals surface area (Å²) in [6.45, 7) is 0. The van der Waals surface area contributed by atoms with Crippen LogP contribution >= 0.6 is 31.9 Å². The molecule has 0 unspecified atom stereocenters. The van der Waals surface area contributed by atoms with Crippen molar-refractivity contribution in [2.24, 2.45) is 0 Å². The van der Waals surface area contributed by atoms with Gasteiger partial charge in [0.25, 0.3) is 0 Å². The fourth-order valence-electron chi connectivity index (χ4n) is 2.81. The second-order valence-corrected chi connectivity index (χ2v) is 6.82. The van der Waals surface area contributed by atoms with Crippen LogP contribution in [0.3, 0.4) is 0 Å². The summed E-state index contributed by atoms with van der Waals surface area (Å²) in [6, 6.07) is 23.4. The van der Waals surface area contributed by atoms with Crippen molar-refractivity contribution in [2.75, 3.05) is 0 Å². The van der Waals surface area contributed by atoms with Crippen LogP contribution in [0.5, 0.6) is 0 Å². The van der Waals surface area contributed by atoms with Gasteiger partial charge in [0.1, 0.15) is 0 Å². The lowest BCUT2D eigenvalue weighted by atomic mass is 10.2. The molecule has 0 aliphatic carbocycles. The molecule has 0 atom stereocenters. The first kappa shape index (κ1) is 13.1. The van der Waals surface area contributed by atoms with Gasteiger partial charge in [-0.2, -0.15) is 0 Å². The molecule has 4 aromatic rings. The molecule has 3 heteroatoms. The Balaban J connectivity index is 2.18. The fourth-order valence-corrected chi connectivity index (χ4v) is 3.43. The van der Waals surface area contributed by atoms with Gasteiger partial charge in [-0.15, -0.1) is 0 Å². The summed E-state index contributed by atoms with van der Waals surface area (Å²) in [6.07, 6.45) is 0. The number of para-hydroxylation sites is 1. The van der Waals surface area contributed by atoms with Crippen molar-refractivity contribution in [3.05, 3.63) is 75.7 Å². The maximum atomic E-state index is 3.59. The molecule has 21 heavy (non-hydrogen) atoms. The molecule has 0 spiro atoms. The largest absolute Gasteiger partial charge is 0.309 e. The van der Waals surface area contributed by atoms with E-state index in [9.17, 15) is 0 Å². The Morgan fingerprint density at radius 2 is 1.29 bits per heavy atom. The van der Waals surface area contributed by atoms with Crippen molar-refractivity contribution in [3.63, 3.8) is 0 Å². The van der Waals surface area contributed by atoms with Gasteiger partial charge in [0, 0.05) is 25.4 Å². The average molecular weight is 401 g/mol. The molecule has 102 valence electrons. The van der Waals surface area contributed by atoms with Gasteiger partial charge in [-0.05, 0) is 42.5 Å². The van der Waals surface area contributed by atoms with Gasteiger partial charge in [-0.3, -0.25) is 0 Å². The van der Waals surface area contributed by atoms with Gasteiger partial charge >= 0.3 is 0 Å². The lowest BCUT2D eigenvalue weighted by molar-refractivity contribution is 1.18. The van der Waals surface area contributed by atoms with Crippen molar-refractivity contribution in [2.45, 2.75) is 0 Å². The number of hydrogen-bond donors (Lipinski definition) is 0. The van der Waals surface area contributed by atoms with E-state index < -0.39 is 0 Å². The Morgan fingerprint density at radius 3 is 2.10 bits per heavy atom. The molecule has 1 aromatic heterocycles. The van der Waals surface area contributed by atoms with E-state index in [1.165, 1.54) is 27.5 Å². The van der Waals surface area contributed by atoms with Gasteiger partial charge in [-0.25, -0.2) is 0 Å². The number of hydrogen-bond acceptors (Lipinski definition) is 0. The molecular weight excluding hydrogens is 390 g/mol. The molecule has 0 N–H and O–H groups in total. The number of halogens is 2. The van der Waals surface area contributed by atoms with Gasteiger partial charge in [0.2, 0.25) is 0 Å². The molecule has 4 rings (SSSR count). The molecule has 0 aliphatic rings. The van der Waals surface area contributed by atoms with E-state index in [0.29, 0.717) is 0 Å². The van der Waals surface area contributed by atoms with Crippen LogP contribution in [0.2, 0.25) is 0 Å². The van der Waals surface area contributed by atoms with Crippen LogP contribution in [-0.4, -0.2) is 4.57 Å². The van der Waals surface area contributed by atoms with Crippen molar-refractivity contribution < 1.29 is 0 Å². The topological polar surface area (TPSA) is 4.93 Å². The van der Waals surface area contributed by atoms with Crippen LogP contribution in [-0.2, 0) is 0 Å². The predicted molar refractivity (Wildman–Crippen MR) is 96.2 cm³/mol. The normalized spacial score (nSPS) is 11.3. The number of benzene rings is 3. The second kappa shape index (κ2) is 5.00. The summed E-state index contributed by atoms with van der Waals surface area (Å²) in [5.74, 6) is 0. The van der Waals surface area contributed by atoms with E-state index >= 15 is 0 Å². The monoisotopic (exact) mass is 399 g/mol. The van der Waals surface area contributed by atoms with E-state index in [2.05, 4.69) is 103 Å². The van der Waals surface area contributed by atoms with Crippen LogP contribution in [0.1, 0.15) is 0 Å². The van der Waals surface area contributed by atoms with Crippen LogP contribution in [0, 0.1) is 0 Å². The zero-order chi connectivity index (χ0) is 14.4. The van der Waals surface area contributed by atoms with Crippen LogP contribution in [0.4, 0.5) is 0 Å². The number of nitrogens with zero attached hydrogens (tertiary/aromatic N) is 1. The molecule has 0 amide bonds. The van der Waals surface area contributed by atoms with Gasteiger partial charge in [0.05, 0.1) is 11.0 Å². The van der Waals surface area contributed by atoms with Gasteiger partial charge in [-0.1, -0.05) is 56.1 Å². The molecule has 1 nitrogen and oxygen atoms in total. The summed E-state index contributed by atoms with van der Waals surface area (Å²) in [5, 5.41) is 2.56. The van der Waals surface area contributed by atoms with Crippen LogP contribution < -0.4 is 0 Å². The highest BCUT2D eigenvalue weighted by Crippen LogP contribution is 2.33. The molecule has 0 radical (unpaired) electrons. The minimum atomic E-state index is 1.09. The highest BCUT2D eigenvalue weighted by atomic mass is 79.9. The summed E-state index contributed by atoms with van der Waals surface area (Å²) >= 11 is 7.09. The first-order chi connectivity index (χ1) is 10.2. The molecule has 0 aliphatic heterocycles. The Hall–Kier alpha value is -1.58. The third kappa shape index (κ3) is 2.12. The van der Waals surface area contributed by atoms with E-state index in [1.54, 1.807) is 0 Å². The summed E-state index contributed by atoms with van der Waals surface area (Å²) < 4.78 is 4.49. The summed E-state index contributed by atoms with van der Waals surface area (Å²) in [5.41, 5.74) is 3.61. The Bertz CT molecular complexity index is 952. The van der Waals surface area contributed by atoms with Crippen molar-refractivity contribution in [1.29, 1.82) is 0 Å². The maximum Gasteiger partial charge on any atom is 0.0552 e. The van der Waals surface area contributed by atoms with Crippen molar-refractivity contribution in [1.82, 2.24) is 4.57 Å². The van der Waals surface area contributed by atoms with Crippen LogP contribution in [0.25, 0.3) is 27.5 Å². The first-order valence-corrected chi connectivity index (χ1v) is 8.27. The minimum Gasteiger partial charge on any atom is -0.309 e. The van der Waals surface area contributed by atoms with E-state index in [0.717, 1.165) is 8.95 Å². The minimum absolute atomic E-state index is 1.09. The zero-order valence-electron chi connectivity index (χ0n) is 11.1.